The normalized spacial score (nSPS) is 32.5. The van der Waals surface area contributed by atoms with Crippen LogP contribution in [0.2, 0.25) is 0 Å². The van der Waals surface area contributed by atoms with Crippen molar-refractivity contribution in [3.05, 3.63) is 34.9 Å². The summed E-state index contributed by atoms with van der Waals surface area (Å²) in [7, 11) is 2.87. The van der Waals surface area contributed by atoms with Crippen LogP contribution in [0, 0.1) is 23.7 Å². The number of hydrogen-bond acceptors (Lipinski definition) is 11. The number of likely N-dealkylation sites (N-methyl/N-ethyl adjacent to an activating group) is 1. The highest BCUT2D eigenvalue weighted by Crippen LogP contribution is 2.54. The molecule has 0 saturated heterocycles. The van der Waals surface area contributed by atoms with Gasteiger partial charge in [-0.1, -0.05) is 44.6 Å². The van der Waals surface area contributed by atoms with Gasteiger partial charge in [0.1, 0.15) is 5.75 Å². The molecule has 8 atom stereocenters. The molecule has 1 aromatic rings. The van der Waals surface area contributed by atoms with Gasteiger partial charge in [-0.2, -0.15) is 0 Å². The molecule has 12 nitrogen and oxygen atoms in total. The quantitative estimate of drug-likeness (QED) is 0.184. The number of unbranched alkanes of at least 4 members (excludes halogenated alkanes) is 1. The first-order valence-corrected chi connectivity index (χ1v) is 13.9. The van der Waals surface area contributed by atoms with Crippen molar-refractivity contribution in [1.29, 1.82) is 0 Å². The number of ketones is 4. The topological polar surface area (TPSA) is 202 Å². The summed E-state index contributed by atoms with van der Waals surface area (Å²) in [5.41, 5.74) is 2.56. The molecule has 1 aromatic carbocycles. The van der Waals surface area contributed by atoms with E-state index in [0.29, 0.717) is 12.2 Å². The first kappa shape index (κ1) is 31.2. The zero-order chi connectivity index (χ0) is 31.3. The Morgan fingerprint density at radius 2 is 1.81 bits per heavy atom. The van der Waals surface area contributed by atoms with Crippen molar-refractivity contribution in [2.75, 3.05) is 20.7 Å². The van der Waals surface area contributed by atoms with E-state index in [1.165, 1.54) is 37.2 Å². The van der Waals surface area contributed by atoms with Gasteiger partial charge in [-0.25, -0.2) is 0 Å². The minimum atomic E-state index is -3.05. The second-order valence-electron chi connectivity index (χ2n) is 11.5. The molecule has 226 valence electrons. The Morgan fingerprint density at radius 1 is 1.14 bits per heavy atom. The highest BCUT2D eigenvalue weighted by atomic mass is 16.5. The van der Waals surface area contributed by atoms with Gasteiger partial charge in [0.25, 0.3) is 0 Å². The molecule has 5 N–H and O–H groups in total. The summed E-state index contributed by atoms with van der Waals surface area (Å²) in [6.45, 7) is 3.89. The number of phenols is 1. The molecular formula is C30H36N2O10. The maximum absolute atomic E-state index is 14.0. The van der Waals surface area contributed by atoms with E-state index in [9.17, 15) is 44.1 Å². The van der Waals surface area contributed by atoms with E-state index in [1.54, 1.807) is 13.0 Å². The van der Waals surface area contributed by atoms with Crippen LogP contribution in [0.25, 0.3) is 6.08 Å². The lowest BCUT2D eigenvalue weighted by Gasteiger charge is -2.56. The molecule has 0 spiro atoms. The number of carbonyl (C=O) groups is 6. The maximum atomic E-state index is 14.0. The molecule has 2 fully saturated rings. The van der Waals surface area contributed by atoms with Crippen LogP contribution in [0.5, 0.6) is 5.75 Å². The highest BCUT2D eigenvalue weighted by molar-refractivity contribution is 6.32. The van der Waals surface area contributed by atoms with Crippen molar-refractivity contribution in [2.24, 2.45) is 29.4 Å². The number of esters is 1. The molecule has 0 heterocycles. The summed E-state index contributed by atoms with van der Waals surface area (Å²) >= 11 is 0. The summed E-state index contributed by atoms with van der Waals surface area (Å²) in [5.74, 6) is -14.3. The zero-order valence-electron chi connectivity index (χ0n) is 23.9. The monoisotopic (exact) mass is 584 g/mol. The van der Waals surface area contributed by atoms with E-state index in [1.807, 2.05) is 6.92 Å². The van der Waals surface area contributed by atoms with Crippen LogP contribution in [0.4, 0.5) is 0 Å². The first-order valence-electron chi connectivity index (χ1n) is 13.9. The molecule has 12 heteroatoms. The molecule has 0 aromatic heterocycles. The maximum Gasteiger partial charge on any atom is 0.309 e. The second-order valence-corrected chi connectivity index (χ2v) is 11.5. The fourth-order valence-corrected chi connectivity index (χ4v) is 6.81. The summed E-state index contributed by atoms with van der Waals surface area (Å²) in [4.78, 5) is 79.9. The van der Waals surface area contributed by atoms with Gasteiger partial charge < -0.3 is 25.8 Å². The van der Waals surface area contributed by atoms with Gasteiger partial charge in [-0.3, -0.25) is 33.7 Å². The van der Waals surface area contributed by atoms with Gasteiger partial charge in [0.2, 0.25) is 5.91 Å². The summed E-state index contributed by atoms with van der Waals surface area (Å²) in [6, 6.07) is 1.66. The van der Waals surface area contributed by atoms with Gasteiger partial charge >= 0.3 is 5.97 Å². The van der Waals surface area contributed by atoms with Gasteiger partial charge in [0.15, 0.2) is 34.7 Å². The number of aliphatic hydroxyl groups excluding tert-OH is 1. The fourth-order valence-electron chi connectivity index (χ4n) is 6.81. The van der Waals surface area contributed by atoms with E-state index in [2.05, 4.69) is 0 Å². The molecule has 0 aliphatic heterocycles. The lowest BCUT2D eigenvalue weighted by atomic mass is 9.49. The minimum Gasteiger partial charge on any atom is -0.507 e. The van der Waals surface area contributed by atoms with Crippen LogP contribution >= 0.6 is 0 Å². The Hall–Kier alpha value is -3.74. The number of rotatable bonds is 8. The second kappa shape index (κ2) is 11.5. The molecule has 2 unspecified atom stereocenters. The van der Waals surface area contributed by atoms with Crippen molar-refractivity contribution in [2.45, 2.75) is 56.8 Å². The SMILES string of the molecule is CCCCOC(=O)C/C=C/c1ccc2c(c1O)C(=O)C1C(=O)[C@]3(O)C(=O)C(C(N)=O)C(=O)[C@@H](N(C)C)[C@@H]3[C@@H](O)[C@@H]1[C@H]2C. The number of ether oxygens (including phenoxy) is 1. The lowest BCUT2D eigenvalue weighted by Crippen LogP contribution is -2.77. The van der Waals surface area contributed by atoms with Crippen LogP contribution < -0.4 is 5.73 Å². The number of aromatic hydroxyl groups is 1. The fraction of sp³-hybridized carbons (Fsp3) is 0.533. The van der Waals surface area contributed by atoms with E-state index < -0.39 is 88.1 Å². The van der Waals surface area contributed by atoms with Gasteiger partial charge in [-0.05, 0) is 32.0 Å². The van der Waals surface area contributed by atoms with Gasteiger partial charge in [-0.15, -0.1) is 0 Å². The van der Waals surface area contributed by atoms with Crippen LogP contribution in [-0.2, 0) is 28.7 Å². The minimum absolute atomic E-state index is 0.0801. The summed E-state index contributed by atoms with van der Waals surface area (Å²) < 4.78 is 5.09. The predicted octanol–water partition coefficient (Wildman–Crippen LogP) is 0.145. The number of Topliss-reactive ketones (excluding diaryl/α,β-unsaturated/α-hetero) is 4. The van der Waals surface area contributed by atoms with Crippen molar-refractivity contribution in [1.82, 2.24) is 4.90 Å². The zero-order valence-corrected chi connectivity index (χ0v) is 23.9. The number of nitrogens with two attached hydrogens (primary N) is 1. The van der Waals surface area contributed by atoms with E-state index >= 15 is 0 Å². The van der Waals surface area contributed by atoms with Crippen molar-refractivity contribution < 1.29 is 48.8 Å². The van der Waals surface area contributed by atoms with Crippen LogP contribution in [0.3, 0.4) is 0 Å². The average molecular weight is 585 g/mol. The van der Waals surface area contributed by atoms with E-state index in [-0.39, 0.29) is 17.5 Å². The van der Waals surface area contributed by atoms with Gasteiger partial charge in [0, 0.05) is 11.5 Å². The van der Waals surface area contributed by atoms with Crippen LogP contribution in [0.1, 0.15) is 60.5 Å². The molecule has 1 amide bonds. The van der Waals surface area contributed by atoms with Crippen molar-refractivity contribution in [3.63, 3.8) is 0 Å². The lowest BCUT2D eigenvalue weighted by molar-refractivity contribution is -0.196. The van der Waals surface area contributed by atoms with E-state index in [0.717, 1.165) is 12.8 Å². The average Bonchev–Trinajstić information content (AvgIpc) is 2.91. The smallest absolute Gasteiger partial charge is 0.309 e. The molecule has 4 rings (SSSR count). The number of aliphatic hydroxyl groups is 2. The Labute approximate surface area is 242 Å². The van der Waals surface area contributed by atoms with Crippen LogP contribution in [-0.4, -0.2) is 93.7 Å². The summed E-state index contributed by atoms with van der Waals surface area (Å²) in [6.07, 6.45) is 2.71. The third-order valence-electron chi connectivity index (χ3n) is 8.86. The Kier molecular flexibility index (Phi) is 8.55. The Bertz CT molecular complexity index is 1380. The number of fused-ring (bicyclic) bond motifs is 3. The third kappa shape index (κ3) is 4.67. The highest BCUT2D eigenvalue weighted by Gasteiger charge is 2.72. The predicted molar refractivity (Wildman–Crippen MR) is 147 cm³/mol. The number of amides is 1. The molecule has 3 aliphatic rings. The van der Waals surface area contributed by atoms with Crippen LogP contribution in [0.15, 0.2) is 18.2 Å². The molecule has 0 bridgehead atoms. The number of phenolic OH excluding ortho intramolecular Hbond substituents is 1. The Balaban J connectivity index is 1.76. The number of benzene rings is 1. The molecular weight excluding hydrogens is 548 g/mol. The van der Waals surface area contributed by atoms with Crippen molar-refractivity contribution in [3.8, 4) is 5.75 Å². The summed E-state index contributed by atoms with van der Waals surface area (Å²) in [5, 5.41) is 34.4. The number of carbonyl (C=O) groups excluding carboxylic acids is 6. The molecule has 42 heavy (non-hydrogen) atoms. The first-order chi connectivity index (χ1) is 19.7. The molecule has 3 aliphatic carbocycles. The van der Waals surface area contributed by atoms with Crippen molar-refractivity contribution >= 4 is 41.1 Å². The largest absolute Gasteiger partial charge is 0.507 e. The number of nitrogens with zero attached hydrogens (tertiary/aromatic N) is 1. The van der Waals surface area contributed by atoms with Gasteiger partial charge in [0.05, 0.1) is 42.6 Å². The molecule has 2 saturated carbocycles. The number of hydrogen-bond donors (Lipinski definition) is 4. The third-order valence-corrected chi connectivity index (χ3v) is 8.86. The standard InChI is InChI=1S/C30H36N2O10/c1-5-6-12-42-16(33)9-7-8-14-10-11-15-13(2)17-19(24(35)18(15)23(14)34)27(38)30(41)21(25(17)36)22(32(3)4)26(37)20(28(30)39)29(31)40/h7-8,10-11,13,17,19-22,25,34,36,41H,5-6,9,12H2,1-4H3,(H2,31,40)/b8-7+/t13-,17+,19?,20?,21+,22-,25-,30-/m0/s1. The van der Waals surface area contributed by atoms with E-state index in [4.69, 9.17) is 10.5 Å². The Morgan fingerprint density at radius 3 is 2.40 bits per heavy atom. The molecule has 0 radical (unpaired) electrons. The number of primary amides is 1.